The van der Waals surface area contributed by atoms with Gasteiger partial charge >= 0.3 is 0 Å². The zero-order valence-electron chi connectivity index (χ0n) is 9.99. The molecule has 1 aromatic rings. The Hall–Kier alpha value is -1.26. The second kappa shape index (κ2) is 6.07. The summed E-state index contributed by atoms with van der Waals surface area (Å²) in [4.78, 5) is 11.9. The number of halogens is 1. The molecular weight excluding hydrogens is 254 g/mol. The number of amides is 1. The summed E-state index contributed by atoms with van der Waals surface area (Å²) in [5, 5.41) is 12.3. The van der Waals surface area contributed by atoms with Crippen LogP contribution in [0, 0.1) is 5.92 Å². The van der Waals surface area contributed by atoms with Crippen molar-refractivity contribution in [3.05, 3.63) is 28.8 Å². The van der Waals surface area contributed by atoms with Crippen molar-refractivity contribution in [3.63, 3.8) is 0 Å². The van der Waals surface area contributed by atoms with Crippen molar-refractivity contribution >= 4 is 17.5 Å². The number of carbonyl (C=O) groups is 1. The number of carbonyl (C=O) groups excluding carboxylic acids is 1. The van der Waals surface area contributed by atoms with E-state index in [0.29, 0.717) is 24.6 Å². The van der Waals surface area contributed by atoms with Gasteiger partial charge in [0.25, 0.3) is 5.91 Å². The van der Waals surface area contributed by atoms with Crippen LogP contribution in [0.3, 0.4) is 0 Å². The predicted octanol–water partition coefficient (Wildman–Crippen LogP) is 2.20. The summed E-state index contributed by atoms with van der Waals surface area (Å²) in [6.45, 7) is 2.13. The van der Waals surface area contributed by atoms with Crippen molar-refractivity contribution in [2.24, 2.45) is 5.92 Å². The third kappa shape index (κ3) is 3.37. The molecule has 1 aliphatic rings. The van der Waals surface area contributed by atoms with Crippen molar-refractivity contribution in [3.8, 4) is 5.75 Å². The van der Waals surface area contributed by atoms with Crippen molar-refractivity contribution in [2.45, 2.75) is 12.8 Å². The van der Waals surface area contributed by atoms with E-state index in [-0.39, 0.29) is 16.7 Å². The van der Waals surface area contributed by atoms with Crippen LogP contribution in [-0.2, 0) is 4.74 Å². The molecule has 1 unspecified atom stereocenters. The van der Waals surface area contributed by atoms with Crippen molar-refractivity contribution in [2.75, 3.05) is 19.8 Å². The highest BCUT2D eigenvalue weighted by Crippen LogP contribution is 2.23. The van der Waals surface area contributed by atoms with Crippen LogP contribution in [0.5, 0.6) is 5.75 Å². The van der Waals surface area contributed by atoms with E-state index in [1.54, 1.807) is 6.07 Å². The van der Waals surface area contributed by atoms with E-state index in [0.717, 1.165) is 19.4 Å². The van der Waals surface area contributed by atoms with Gasteiger partial charge in [0.05, 0.1) is 11.6 Å². The van der Waals surface area contributed by atoms with Gasteiger partial charge < -0.3 is 15.2 Å². The zero-order chi connectivity index (χ0) is 13.0. The van der Waals surface area contributed by atoms with E-state index in [4.69, 9.17) is 16.3 Å². The second-order valence-corrected chi connectivity index (χ2v) is 4.87. The van der Waals surface area contributed by atoms with Crippen LogP contribution in [-0.4, -0.2) is 30.8 Å². The molecule has 0 bridgehead atoms. The van der Waals surface area contributed by atoms with Crippen molar-refractivity contribution in [1.82, 2.24) is 5.32 Å². The predicted molar refractivity (Wildman–Crippen MR) is 69.0 cm³/mol. The average Bonchev–Trinajstić information content (AvgIpc) is 2.40. The fourth-order valence-corrected chi connectivity index (χ4v) is 2.14. The molecule has 2 N–H and O–H groups in total. The highest BCUT2D eigenvalue weighted by Gasteiger charge is 2.15. The molecule has 1 aromatic carbocycles. The highest BCUT2D eigenvalue weighted by molar-refractivity contribution is 6.32. The summed E-state index contributed by atoms with van der Waals surface area (Å²) in [6.07, 6.45) is 2.13. The molecule has 0 spiro atoms. The lowest BCUT2D eigenvalue weighted by atomic mass is 10.0. The van der Waals surface area contributed by atoms with Gasteiger partial charge in [-0.2, -0.15) is 0 Å². The molecule has 0 aromatic heterocycles. The number of phenolic OH excluding ortho intramolecular Hbond substituents is 1. The van der Waals surface area contributed by atoms with E-state index in [1.807, 2.05) is 0 Å². The van der Waals surface area contributed by atoms with Crippen LogP contribution in [0.4, 0.5) is 0 Å². The first-order valence-corrected chi connectivity index (χ1v) is 6.39. The quantitative estimate of drug-likeness (QED) is 0.884. The van der Waals surface area contributed by atoms with Crippen molar-refractivity contribution < 1.29 is 14.6 Å². The first kappa shape index (κ1) is 13.2. The molecule has 1 fully saturated rings. The van der Waals surface area contributed by atoms with Gasteiger partial charge in [0.1, 0.15) is 5.75 Å². The van der Waals surface area contributed by atoms with Gasteiger partial charge in [0.2, 0.25) is 0 Å². The fourth-order valence-electron chi connectivity index (χ4n) is 1.96. The summed E-state index contributed by atoms with van der Waals surface area (Å²) in [5.41, 5.74) is 0.453. The third-order valence-corrected chi connectivity index (χ3v) is 3.32. The summed E-state index contributed by atoms with van der Waals surface area (Å²) >= 11 is 5.76. The highest BCUT2D eigenvalue weighted by atomic mass is 35.5. The Kier molecular flexibility index (Phi) is 4.44. The third-order valence-electron chi connectivity index (χ3n) is 3.02. The number of nitrogens with one attached hydrogen (secondary N) is 1. The molecule has 18 heavy (non-hydrogen) atoms. The summed E-state index contributed by atoms with van der Waals surface area (Å²) in [5.74, 6) is 0.187. The largest absolute Gasteiger partial charge is 0.506 e. The van der Waals surface area contributed by atoms with Gasteiger partial charge in [-0.3, -0.25) is 4.79 Å². The summed E-state index contributed by atoms with van der Waals surface area (Å²) < 4.78 is 5.35. The maximum Gasteiger partial charge on any atom is 0.251 e. The number of aromatic hydroxyl groups is 1. The number of ether oxygens (including phenoxy) is 1. The molecule has 0 radical (unpaired) electrons. The number of phenols is 1. The van der Waals surface area contributed by atoms with Crippen LogP contribution in [0.15, 0.2) is 18.2 Å². The molecule has 1 aliphatic heterocycles. The normalized spacial score (nSPS) is 19.5. The maximum atomic E-state index is 11.9. The molecule has 5 heteroatoms. The van der Waals surface area contributed by atoms with E-state index in [9.17, 15) is 9.90 Å². The average molecular weight is 270 g/mol. The Morgan fingerprint density at radius 3 is 3.06 bits per heavy atom. The minimum absolute atomic E-state index is 0.0195. The molecule has 1 saturated heterocycles. The summed E-state index contributed by atoms with van der Waals surface area (Å²) in [7, 11) is 0. The van der Waals surface area contributed by atoms with Gasteiger partial charge in [0, 0.05) is 18.7 Å². The standard InChI is InChI=1S/C13H16ClNO3/c14-11-6-10(3-4-12(11)16)13(17)15-7-9-2-1-5-18-8-9/h3-4,6,9,16H,1-2,5,7-8H2,(H,15,17). The van der Waals surface area contributed by atoms with Crippen molar-refractivity contribution in [1.29, 1.82) is 0 Å². The molecule has 1 atom stereocenters. The SMILES string of the molecule is O=C(NCC1CCCOC1)c1ccc(O)c(Cl)c1. The van der Waals surface area contributed by atoms with E-state index >= 15 is 0 Å². The van der Waals surface area contributed by atoms with Crippen LogP contribution in [0.25, 0.3) is 0 Å². The Bertz CT molecular complexity index is 430. The maximum absolute atomic E-state index is 11.9. The van der Waals surface area contributed by atoms with Gasteiger partial charge in [-0.1, -0.05) is 11.6 Å². The smallest absolute Gasteiger partial charge is 0.251 e. The van der Waals surface area contributed by atoms with Gasteiger partial charge in [-0.05, 0) is 37.0 Å². The first-order chi connectivity index (χ1) is 8.66. The molecule has 2 rings (SSSR count). The number of benzene rings is 1. The molecular formula is C13H16ClNO3. The lowest BCUT2D eigenvalue weighted by molar-refractivity contribution is 0.0536. The van der Waals surface area contributed by atoms with Crippen LogP contribution in [0.1, 0.15) is 23.2 Å². The second-order valence-electron chi connectivity index (χ2n) is 4.46. The Morgan fingerprint density at radius 1 is 1.56 bits per heavy atom. The molecule has 1 heterocycles. The number of hydrogen-bond donors (Lipinski definition) is 2. The Morgan fingerprint density at radius 2 is 2.39 bits per heavy atom. The first-order valence-electron chi connectivity index (χ1n) is 6.01. The molecule has 0 aliphatic carbocycles. The lowest BCUT2D eigenvalue weighted by Gasteiger charge is -2.22. The number of hydrogen-bond acceptors (Lipinski definition) is 3. The zero-order valence-corrected chi connectivity index (χ0v) is 10.7. The molecule has 98 valence electrons. The van der Waals surface area contributed by atoms with E-state index in [1.165, 1.54) is 12.1 Å². The topological polar surface area (TPSA) is 58.6 Å². The monoisotopic (exact) mass is 269 g/mol. The lowest BCUT2D eigenvalue weighted by Crippen LogP contribution is -2.33. The Labute approximate surface area is 111 Å². The molecule has 1 amide bonds. The van der Waals surface area contributed by atoms with Crippen LogP contribution < -0.4 is 5.32 Å². The van der Waals surface area contributed by atoms with Gasteiger partial charge in [-0.15, -0.1) is 0 Å². The van der Waals surface area contributed by atoms with Crippen LogP contribution >= 0.6 is 11.6 Å². The summed E-state index contributed by atoms with van der Waals surface area (Å²) in [6, 6.07) is 4.43. The molecule has 0 saturated carbocycles. The minimum Gasteiger partial charge on any atom is -0.506 e. The minimum atomic E-state index is -0.178. The number of rotatable bonds is 3. The Balaban J connectivity index is 1.88. The van der Waals surface area contributed by atoms with Gasteiger partial charge in [-0.25, -0.2) is 0 Å². The molecule has 4 nitrogen and oxygen atoms in total. The fraction of sp³-hybridized carbons (Fsp3) is 0.462. The van der Waals surface area contributed by atoms with E-state index in [2.05, 4.69) is 5.32 Å². The van der Waals surface area contributed by atoms with Crippen LogP contribution in [0.2, 0.25) is 5.02 Å². The van der Waals surface area contributed by atoms with Gasteiger partial charge in [0.15, 0.2) is 0 Å². The van der Waals surface area contributed by atoms with E-state index < -0.39 is 0 Å².